The van der Waals surface area contributed by atoms with Gasteiger partial charge in [0.05, 0.1) is 14.5 Å². The standard InChI is InChI=1S/C14H18BNO2.C2H6/c15-8-4-1-5-9-16-11-18-10-12-6-2-3-7-13(12)14(16)17;1-2/h2-3,6-7H,1,4-5,8-11H2;1-2H3. The lowest BCUT2D eigenvalue weighted by atomic mass is 9.99. The van der Waals surface area contributed by atoms with E-state index in [4.69, 9.17) is 12.6 Å². The average Bonchev–Trinajstić information content (AvgIpc) is 2.66. The van der Waals surface area contributed by atoms with Crippen molar-refractivity contribution in [2.24, 2.45) is 0 Å². The van der Waals surface area contributed by atoms with Crippen LogP contribution in [-0.4, -0.2) is 31.9 Å². The van der Waals surface area contributed by atoms with Crippen molar-refractivity contribution in [3.63, 3.8) is 0 Å². The Morgan fingerprint density at radius 2 is 1.95 bits per heavy atom. The molecule has 2 radical (unpaired) electrons. The highest BCUT2D eigenvalue weighted by Gasteiger charge is 2.21. The molecule has 3 nitrogen and oxygen atoms in total. The highest BCUT2D eigenvalue weighted by Crippen LogP contribution is 2.17. The first-order valence-electron chi connectivity index (χ1n) is 7.48. The second-order valence-electron chi connectivity index (χ2n) is 4.55. The van der Waals surface area contributed by atoms with Crippen LogP contribution in [0.15, 0.2) is 24.3 Å². The molecule has 2 rings (SSSR count). The van der Waals surface area contributed by atoms with Crippen molar-refractivity contribution in [3.8, 4) is 0 Å². The molecule has 0 unspecified atom stereocenters. The molecule has 0 atom stereocenters. The molecule has 0 saturated carbocycles. The molecule has 0 aromatic heterocycles. The third kappa shape index (κ3) is 4.67. The van der Waals surface area contributed by atoms with Crippen molar-refractivity contribution in [2.45, 2.75) is 46.0 Å². The summed E-state index contributed by atoms with van der Waals surface area (Å²) in [5.74, 6) is 0.0795. The fourth-order valence-electron chi connectivity index (χ4n) is 2.14. The van der Waals surface area contributed by atoms with Gasteiger partial charge in [-0.15, -0.1) is 0 Å². The minimum atomic E-state index is 0.0795. The number of rotatable bonds is 5. The lowest BCUT2D eigenvalue weighted by Crippen LogP contribution is -2.32. The van der Waals surface area contributed by atoms with Gasteiger partial charge in [-0.1, -0.05) is 51.2 Å². The lowest BCUT2D eigenvalue weighted by Gasteiger charge is -2.20. The molecule has 1 aromatic carbocycles. The van der Waals surface area contributed by atoms with E-state index in [0.29, 0.717) is 19.7 Å². The van der Waals surface area contributed by atoms with Gasteiger partial charge in [-0.2, -0.15) is 0 Å². The first-order valence-corrected chi connectivity index (χ1v) is 7.48. The van der Waals surface area contributed by atoms with Crippen LogP contribution in [0.4, 0.5) is 0 Å². The van der Waals surface area contributed by atoms with Gasteiger partial charge in [0, 0.05) is 12.1 Å². The molecule has 0 fully saturated rings. The summed E-state index contributed by atoms with van der Waals surface area (Å²) in [4.78, 5) is 14.1. The Balaban J connectivity index is 0.000000956. The minimum absolute atomic E-state index is 0.0795. The summed E-state index contributed by atoms with van der Waals surface area (Å²) >= 11 is 0. The van der Waals surface area contributed by atoms with Crippen LogP contribution < -0.4 is 0 Å². The highest BCUT2D eigenvalue weighted by atomic mass is 16.5. The SMILES string of the molecule is CC.[B]CCCCCN1COCc2ccccc2C1=O. The lowest BCUT2D eigenvalue weighted by molar-refractivity contribution is 0.0237. The van der Waals surface area contributed by atoms with Crippen LogP contribution in [-0.2, 0) is 11.3 Å². The number of carbonyl (C=O) groups is 1. The van der Waals surface area contributed by atoms with Crippen molar-refractivity contribution in [1.29, 1.82) is 0 Å². The van der Waals surface area contributed by atoms with Gasteiger partial charge >= 0.3 is 0 Å². The Hall–Kier alpha value is -1.29. The molecule has 1 aliphatic rings. The fourth-order valence-corrected chi connectivity index (χ4v) is 2.14. The summed E-state index contributed by atoms with van der Waals surface area (Å²) in [5, 5.41) is 0. The van der Waals surface area contributed by atoms with Crippen LogP contribution in [0.1, 0.15) is 49.0 Å². The van der Waals surface area contributed by atoms with Crippen LogP contribution >= 0.6 is 0 Å². The quantitative estimate of drug-likeness (QED) is 0.608. The van der Waals surface area contributed by atoms with E-state index in [1.54, 1.807) is 4.90 Å². The molecule has 4 heteroatoms. The maximum Gasteiger partial charge on any atom is 0.256 e. The molecular weight excluding hydrogens is 249 g/mol. The highest BCUT2D eigenvalue weighted by molar-refractivity contribution is 6.08. The van der Waals surface area contributed by atoms with Gasteiger partial charge < -0.3 is 9.64 Å². The summed E-state index contributed by atoms with van der Waals surface area (Å²) < 4.78 is 5.54. The number of amides is 1. The Morgan fingerprint density at radius 1 is 1.20 bits per heavy atom. The summed E-state index contributed by atoms with van der Waals surface area (Å²) in [6, 6.07) is 7.66. The van der Waals surface area contributed by atoms with Gasteiger partial charge in [-0.05, 0) is 18.1 Å². The maximum absolute atomic E-state index is 12.3. The van der Waals surface area contributed by atoms with Gasteiger partial charge in [-0.3, -0.25) is 4.79 Å². The largest absolute Gasteiger partial charge is 0.356 e. The number of carbonyl (C=O) groups excluding carboxylic acids is 1. The minimum Gasteiger partial charge on any atom is -0.356 e. The Bertz CT molecular complexity index is 409. The third-order valence-electron chi connectivity index (χ3n) is 3.17. The predicted molar refractivity (Wildman–Crippen MR) is 82.9 cm³/mol. The number of ether oxygens (including phenoxy) is 1. The molecular formula is C16H24BNO2. The third-order valence-corrected chi connectivity index (χ3v) is 3.17. The van der Waals surface area contributed by atoms with Crippen molar-refractivity contribution in [2.75, 3.05) is 13.3 Å². The predicted octanol–water partition coefficient (Wildman–Crippen LogP) is 3.40. The van der Waals surface area contributed by atoms with Crippen LogP contribution in [0.3, 0.4) is 0 Å². The van der Waals surface area contributed by atoms with E-state index in [9.17, 15) is 4.79 Å². The van der Waals surface area contributed by atoms with E-state index in [1.165, 1.54) is 0 Å². The number of nitrogens with zero attached hydrogens (tertiary/aromatic N) is 1. The number of fused-ring (bicyclic) bond motifs is 1. The number of hydrogen-bond donors (Lipinski definition) is 0. The first kappa shape index (κ1) is 16.8. The molecule has 0 aliphatic carbocycles. The fraction of sp³-hybridized carbons (Fsp3) is 0.562. The molecule has 108 valence electrons. The zero-order chi connectivity index (χ0) is 14.8. The molecule has 1 heterocycles. The topological polar surface area (TPSA) is 29.5 Å². The van der Waals surface area contributed by atoms with E-state index in [2.05, 4.69) is 0 Å². The molecule has 1 aliphatic heterocycles. The van der Waals surface area contributed by atoms with E-state index in [0.717, 1.165) is 36.9 Å². The maximum atomic E-state index is 12.3. The second-order valence-corrected chi connectivity index (χ2v) is 4.55. The van der Waals surface area contributed by atoms with Crippen molar-refractivity contribution >= 4 is 13.8 Å². The molecule has 1 aromatic rings. The summed E-state index contributed by atoms with van der Waals surface area (Å²) in [7, 11) is 5.46. The van der Waals surface area contributed by atoms with Crippen molar-refractivity contribution in [3.05, 3.63) is 35.4 Å². The summed E-state index contributed by atoms with van der Waals surface area (Å²) in [5.41, 5.74) is 1.75. The normalized spacial score (nSPS) is 14.1. The molecule has 0 N–H and O–H groups in total. The van der Waals surface area contributed by atoms with Crippen LogP contribution in [0.2, 0.25) is 6.32 Å². The number of hydrogen-bond acceptors (Lipinski definition) is 2. The zero-order valence-electron chi connectivity index (χ0n) is 12.6. The van der Waals surface area contributed by atoms with Crippen LogP contribution in [0.25, 0.3) is 0 Å². The summed E-state index contributed by atoms with van der Waals surface area (Å²) in [6.45, 7) is 5.64. The van der Waals surface area contributed by atoms with Crippen molar-refractivity contribution < 1.29 is 9.53 Å². The average molecular weight is 273 g/mol. The van der Waals surface area contributed by atoms with E-state index in [1.807, 2.05) is 38.1 Å². The van der Waals surface area contributed by atoms with E-state index >= 15 is 0 Å². The summed E-state index contributed by atoms with van der Waals surface area (Å²) in [6.07, 6.45) is 3.77. The van der Waals surface area contributed by atoms with E-state index in [-0.39, 0.29) is 5.91 Å². The molecule has 0 bridgehead atoms. The van der Waals surface area contributed by atoms with Gasteiger partial charge in [-0.25, -0.2) is 0 Å². The van der Waals surface area contributed by atoms with Crippen LogP contribution in [0, 0.1) is 0 Å². The second kappa shape index (κ2) is 9.59. The number of benzene rings is 1. The van der Waals surface area contributed by atoms with Crippen LogP contribution in [0.5, 0.6) is 0 Å². The van der Waals surface area contributed by atoms with Gasteiger partial charge in [0.15, 0.2) is 0 Å². The van der Waals surface area contributed by atoms with Gasteiger partial charge in [0.1, 0.15) is 6.73 Å². The molecule has 20 heavy (non-hydrogen) atoms. The van der Waals surface area contributed by atoms with E-state index < -0.39 is 0 Å². The molecule has 1 amide bonds. The monoisotopic (exact) mass is 273 g/mol. The molecule has 0 saturated heterocycles. The number of unbranched alkanes of at least 4 members (excludes halogenated alkanes) is 2. The zero-order valence-corrected chi connectivity index (χ0v) is 12.6. The Morgan fingerprint density at radius 3 is 2.70 bits per heavy atom. The van der Waals surface area contributed by atoms with Gasteiger partial charge in [0.2, 0.25) is 0 Å². The Labute approximate surface area is 123 Å². The smallest absolute Gasteiger partial charge is 0.256 e. The van der Waals surface area contributed by atoms with Crippen molar-refractivity contribution in [1.82, 2.24) is 4.90 Å². The Kier molecular flexibility index (Phi) is 8.04. The van der Waals surface area contributed by atoms with Gasteiger partial charge in [0.25, 0.3) is 5.91 Å². The molecule has 0 spiro atoms. The first-order chi connectivity index (χ1) is 9.83.